The Hall–Kier alpha value is -1.58. The normalized spacial score (nSPS) is 11.4. The first-order valence-corrected chi connectivity index (χ1v) is 6.81. The Kier molecular flexibility index (Phi) is 4.31. The molecule has 0 atom stereocenters. The molecule has 0 spiro atoms. The summed E-state index contributed by atoms with van der Waals surface area (Å²) in [5.41, 5.74) is 1.95. The van der Waals surface area contributed by atoms with Gasteiger partial charge in [0.05, 0.1) is 11.6 Å². The largest absolute Gasteiger partial charge is 0.439 e. The van der Waals surface area contributed by atoms with Crippen molar-refractivity contribution in [2.45, 2.75) is 32.8 Å². The zero-order valence-electron chi connectivity index (χ0n) is 11.9. The maximum absolute atomic E-state index is 9.17. The monoisotopic (exact) mass is 291 g/mol. The fourth-order valence-electron chi connectivity index (χ4n) is 1.78. The Balaban J connectivity index is 2.18. The van der Waals surface area contributed by atoms with Gasteiger partial charge in [-0.3, -0.25) is 0 Å². The van der Waals surface area contributed by atoms with E-state index in [4.69, 9.17) is 21.4 Å². The van der Waals surface area contributed by atoms with Crippen LogP contribution in [0.15, 0.2) is 36.5 Å². The number of aliphatic hydroxyl groups is 1. The summed E-state index contributed by atoms with van der Waals surface area (Å²) in [5.74, 6) is 1.12. The Morgan fingerprint density at radius 2 is 1.85 bits per heavy atom. The van der Waals surface area contributed by atoms with Gasteiger partial charge in [-0.15, -0.1) is 0 Å². The number of aromatic nitrogens is 1. The Labute approximate surface area is 124 Å². The number of hydrogen-bond donors (Lipinski definition) is 1. The van der Waals surface area contributed by atoms with Gasteiger partial charge in [-0.25, -0.2) is 4.98 Å². The summed E-state index contributed by atoms with van der Waals surface area (Å²) < 4.78 is 5.66. The van der Waals surface area contributed by atoms with E-state index in [9.17, 15) is 0 Å². The average Bonchev–Trinajstić information content (AvgIpc) is 2.40. The molecule has 0 amide bonds. The molecular formula is C16H18ClNO2. The second-order valence-corrected chi connectivity index (χ2v) is 6.06. The number of halogens is 1. The third-order valence-electron chi connectivity index (χ3n) is 3.02. The van der Waals surface area contributed by atoms with Gasteiger partial charge in [0, 0.05) is 17.8 Å². The summed E-state index contributed by atoms with van der Waals surface area (Å²) in [6.45, 7) is 6.35. The summed E-state index contributed by atoms with van der Waals surface area (Å²) in [6.07, 6.45) is 1.48. The highest BCUT2D eigenvalue weighted by molar-refractivity contribution is 6.31. The summed E-state index contributed by atoms with van der Waals surface area (Å²) in [7, 11) is 0. The molecule has 0 saturated heterocycles. The maximum Gasteiger partial charge on any atom is 0.219 e. The van der Waals surface area contributed by atoms with Crippen molar-refractivity contribution in [3.63, 3.8) is 0 Å². The van der Waals surface area contributed by atoms with Crippen LogP contribution >= 0.6 is 11.6 Å². The first-order chi connectivity index (χ1) is 9.40. The van der Waals surface area contributed by atoms with Crippen LogP contribution in [0.3, 0.4) is 0 Å². The minimum atomic E-state index is -0.138. The number of hydrogen-bond acceptors (Lipinski definition) is 3. The van der Waals surface area contributed by atoms with Crippen molar-refractivity contribution in [2.75, 3.05) is 0 Å². The lowest BCUT2D eigenvalue weighted by molar-refractivity contribution is 0.281. The summed E-state index contributed by atoms with van der Waals surface area (Å²) >= 11 is 5.89. The number of benzene rings is 1. The van der Waals surface area contributed by atoms with E-state index in [0.717, 1.165) is 0 Å². The predicted molar refractivity (Wildman–Crippen MR) is 80.4 cm³/mol. The summed E-state index contributed by atoms with van der Waals surface area (Å²) in [6, 6.07) is 9.54. The molecule has 0 saturated carbocycles. The molecule has 1 heterocycles. The highest BCUT2D eigenvalue weighted by atomic mass is 35.5. The predicted octanol–water partition coefficient (Wildman–Crippen LogP) is 4.32. The van der Waals surface area contributed by atoms with Crippen LogP contribution in [0.1, 0.15) is 31.9 Å². The average molecular weight is 292 g/mol. The molecule has 0 aliphatic carbocycles. The van der Waals surface area contributed by atoms with Gasteiger partial charge >= 0.3 is 0 Å². The van der Waals surface area contributed by atoms with E-state index in [2.05, 4.69) is 25.8 Å². The molecule has 1 N–H and O–H groups in total. The van der Waals surface area contributed by atoms with E-state index in [1.165, 1.54) is 11.8 Å². The summed E-state index contributed by atoms with van der Waals surface area (Å²) in [4.78, 5) is 4.09. The molecule has 4 heteroatoms. The van der Waals surface area contributed by atoms with Crippen LogP contribution in [-0.2, 0) is 12.0 Å². The van der Waals surface area contributed by atoms with Crippen molar-refractivity contribution >= 4 is 11.6 Å². The van der Waals surface area contributed by atoms with E-state index >= 15 is 0 Å². The van der Waals surface area contributed by atoms with Crippen LogP contribution in [0.4, 0.5) is 0 Å². The Morgan fingerprint density at radius 3 is 2.40 bits per heavy atom. The highest BCUT2D eigenvalue weighted by Crippen LogP contribution is 2.27. The fourth-order valence-corrected chi connectivity index (χ4v) is 1.94. The van der Waals surface area contributed by atoms with Crippen LogP contribution in [0.5, 0.6) is 11.6 Å². The van der Waals surface area contributed by atoms with Gasteiger partial charge < -0.3 is 9.84 Å². The van der Waals surface area contributed by atoms with Crippen molar-refractivity contribution in [1.29, 1.82) is 0 Å². The molecule has 0 bridgehead atoms. The molecule has 106 valence electrons. The van der Waals surface area contributed by atoms with Crippen LogP contribution in [0.2, 0.25) is 5.02 Å². The van der Waals surface area contributed by atoms with Crippen molar-refractivity contribution in [1.82, 2.24) is 4.98 Å². The lowest BCUT2D eigenvalue weighted by Crippen LogP contribution is -2.10. The lowest BCUT2D eigenvalue weighted by Gasteiger charge is -2.19. The van der Waals surface area contributed by atoms with Crippen molar-refractivity contribution in [3.05, 3.63) is 52.7 Å². The van der Waals surface area contributed by atoms with Gasteiger partial charge in [0.25, 0.3) is 0 Å². The second-order valence-electron chi connectivity index (χ2n) is 5.65. The number of aliphatic hydroxyl groups excluding tert-OH is 1. The number of rotatable bonds is 3. The molecular weight excluding hydrogens is 274 g/mol. The van der Waals surface area contributed by atoms with Crippen molar-refractivity contribution in [2.24, 2.45) is 0 Å². The van der Waals surface area contributed by atoms with Gasteiger partial charge in [0.2, 0.25) is 5.88 Å². The molecule has 0 unspecified atom stereocenters. The first kappa shape index (κ1) is 14.8. The van der Waals surface area contributed by atoms with E-state index in [-0.39, 0.29) is 12.0 Å². The topological polar surface area (TPSA) is 42.4 Å². The molecule has 1 aromatic carbocycles. The van der Waals surface area contributed by atoms with Gasteiger partial charge in [0.1, 0.15) is 5.75 Å². The highest BCUT2D eigenvalue weighted by Gasteiger charge is 2.13. The van der Waals surface area contributed by atoms with E-state index in [0.29, 0.717) is 22.2 Å². The number of ether oxygens (including phenoxy) is 1. The molecule has 0 fully saturated rings. The molecule has 1 aromatic heterocycles. The minimum absolute atomic E-state index is 0.112. The quantitative estimate of drug-likeness (QED) is 0.916. The van der Waals surface area contributed by atoms with Crippen LogP contribution in [0, 0.1) is 0 Å². The van der Waals surface area contributed by atoms with Gasteiger partial charge in [0.15, 0.2) is 0 Å². The van der Waals surface area contributed by atoms with Crippen LogP contribution in [0.25, 0.3) is 0 Å². The molecule has 0 aliphatic rings. The zero-order chi connectivity index (χ0) is 14.8. The Bertz CT molecular complexity index is 588. The number of pyridine rings is 1. The molecule has 2 rings (SSSR count). The molecule has 2 aromatic rings. The molecule has 0 radical (unpaired) electrons. The lowest BCUT2D eigenvalue weighted by atomic mass is 9.87. The van der Waals surface area contributed by atoms with E-state index < -0.39 is 0 Å². The van der Waals surface area contributed by atoms with Gasteiger partial charge in [-0.1, -0.05) is 44.5 Å². The Morgan fingerprint density at radius 1 is 1.20 bits per heavy atom. The minimum Gasteiger partial charge on any atom is -0.439 e. The van der Waals surface area contributed by atoms with Crippen molar-refractivity contribution < 1.29 is 9.84 Å². The summed E-state index contributed by atoms with van der Waals surface area (Å²) in [5, 5.41) is 9.60. The second kappa shape index (κ2) is 5.81. The van der Waals surface area contributed by atoms with Gasteiger partial charge in [-0.05, 0) is 23.1 Å². The molecule has 3 nitrogen and oxygen atoms in total. The molecule has 0 aliphatic heterocycles. The van der Waals surface area contributed by atoms with Crippen molar-refractivity contribution in [3.8, 4) is 11.6 Å². The maximum atomic E-state index is 9.17. The fraction of sp³-hybridized carbons (Fsp3) is 0.312. The SMILES string of the molecule is CC(C)(C)c1ccc(Oc2cc(CO)c(Cl)cn2)cc1. The van der Waals surface area contributed by atoms with E-state index in [1.54, 1.807) is 6.07 Å². The van der Waals surface area contributed by atoms with E-state index in [1.807, 2.05) is 24.3 Å². The molecule has 20 heavy (non-hydrogen) atoms. The van der Waals surface area contributed by atoms with Crippen LogP contribution < -0.4 is 4.74 Å². The van der Waals surface area contributed by atoms with Crippen LogP contribution in [-0.4, -0.2) is 10.1 Å². The third-order valence-corrected chi connectivity index (χ3v) is 3.36. The third kappa shape index (κ3) is 3.50. The van der Waals surface area contributed by atoms with Gasteiger partial charge in [-0.2, -0.15) is 0 Å². The first-order valence-electron chi connectivity index (χ1n) is 6.44. The number of nitrogens with zero attached hydrogens (tertiary/aromatic N) is 1. The zero-order valence-corrected chi connectivity index (χ0v) is 12.6. The smallest absolute Gasteiger partial charge is 0.219 e. The standard InChI is InChI=1S/C16H18ClNO2/c1-16(2,3)12-4-6-13(7-5-12)20-15-8-11(10-19)14(17)9-18-15/h4-9,19H,10H2,1-3H3.